The molecule has 156 valence electrons. The molecule has 1 aliphatic rings. The van der Waals surface area contributed by atoms with Crippen molar-refractivity contribution in [3.05, 3.63) is 18.1 Å². The van der Waals surface area contributed by atoms with E-state index in [0.717, 1.165) is 42.5 Å². The minimum atomic E-state index is -1.82. The molecule has 2 aromatic rings. The number of carbonyl (C=O) groups is 2. The Labute approximate surface area is 167 Å². The Balaban J connectivity index is 0.000000438. The highest BCUT2D eigenvalue weighted by Crippen LogP contribution is 2.37. The smallest absolute Gasteiger partial charge is 0.414 e. The number of fused-ring (bicyclic) bond motifs is 1. The molecule has 0 unspecified atom stereocenters. The lowest BCUT2D eigenvalue weighted by atomic mass is 9.84. The van der Waals surface area contributed by atoms with E-state index in [1.165, 1.54) is 0 Å². The van der Waals surface area contributed by atoms with Crippen molar-refractivity contribution in [2.24, 2.45) is 5.92 Å². The van der Waals surface area contributed by atoms with Gasteiger partial charge in [0.05, 0.1) is 17.8 Å². The second-order valence-electron chi connectivity index (χ2n) is 6.97. The summed E-state index contributed by atoms with van der Waals surface area (Å²) in [4.78, 5) is 27.1. The van der Waals surface area contributed by atoms with Gasteiger partial charge in [0.2, 0.25) is 0 Å². The number of rotatable bonds is 4. The molecule has 10 heteroatoms. The van der Waals surface area contributed by atoms with Gasteiger partial charge in [0.1, 0.15) is 23.3 Å². The van der Waals surface area contributed by atoms with Crippen LogP contribution in [0.3, 0.4) is 0 Å². The van der Waals surface area contributed by atoms with E-state index >= 15 is 0 Å². The third-order valence-electron chi connectivity index (χ3n) is 4.98. The first-order chi connectivity index (χ1) is 13.8. The minimum absolute atomic E-state index is 0.326. The van der Waals surface area contributed by atoms with Crippen LogP contribution in [0.2, 0.25) is 0 Å². The van der Waals surface area contributed by atoms with Crippen LogP contribution in [0.15, 0.2) is 12.3 Å². The number of imidazole rings is 1. The number of aliphatic carboxylic acids is 2. The second-order valence-corrected chi connectivity index (χ2v) is 6.97. The van der Waals surface area contributed by atoms with Gasteiger partial charge in [-0.3, -0.25) is 0 Å². The van der Waals surface area contributed by atoms with E-state index in [4.69, 9.17) is 25.1 Å². The first-order valence-electron chi connectivity index (χ1n) is 9.35. The third kappa shape index (κ3) is 5.42. The van der Waals surface area contributed by atoms with Gasteiger partial charge in [-0.05, 0) is 38.5 Å². The predicted octanol–water partition coefficient (Wildman–Crippen LogP) is 2.33. The van der Waals surface area contributed by atoms with Gasteiger partial charge in [0.25, 0.3) is 0 Å². The summed E-state index contributed by atoms with van der Waals surface area (Å²) < 4.78 is 2.19. The summed E-state index contributed by atoms with van der Waals surface area (Å²) in [7, 11) is 1.84. The van der Waals surface area contributed by atoms with Gasteiger partial charge in [-0.1, -0.05) is 0 Å². The summed E-state index contributed by atoms with van der Waals surface area (Å²) in [6.07, 6.45) is 5.95. The van der Waals surface area contributed by atoms with Crippen LogP contribution in [0.25, 0.3) is 11.0 Å². The van der Waals surface area contributed by atoms with Crippen molar-refractivity contribution in [3.63, 3.8) is 0 Å². The number of nitriles is 1. The van der Waals surface area contributed by atoms with Crippen LogP contribution in [-0.2, 0) is 9.59 Å². The predicted molar refractivity (Wildman–Crippen MR) is 104 cm³/mol. The summed E-state index contributed by atoms with van der Waals surface area (Å²) in [5.41, 5.74) is 1.84. The Kier molecular flexibility index (Phi) is 7.50. The van der Waals surface area contributed by atoms with Crippen molar-refractivity contribution in [2.75, 3.05) is 12.4 Å². The van der Waals surface area contributed by atoms with E-state index in [0.29, 0.717) is 24.2 Å². The minimum Gasteiger partial charge on any atom is -0.473 e. The Morgan fingerprint density at radius 3 is 2.41 bits per heavy atom. The molecule has 0 saturated heterocycles. The van der Waals surface area contributed by atoms with Crippen LogP contribution >= 0.6 is 0 Å². The van der Waals surface area contributed by atoms with E-state index in [2.05, 4.69) is 25.9 Å². The van der Waals surface area contributed by atoms with Gasteiger partial charge in [-0.25, -0.2) is 19.6 Å². The molecule has 1 atom stereocenters. The van der Waals surface area contributed by atoms with Crippen molar-refractivity contribution < 1.29 is 24.9 Å². The van der Waals surface area contributed by atoms with Crippen LogP contribution in [-0.4, -0.2) is 48.8 Å². The SMILES string of the molecule is CNc1cc2c(cn1)nc([C@@H](C)O)n2C1CCC(CC#N)CC1.O=C(O)C(=O)O. The lowest BCUT2D eigenvalue weighted by Crippen LogP contribution is -2.20. The van der Waals surface area contributed by atoms with Crippen LogP contribution < -0.4 is 5.32 Å². The molecule has 1 aliphatic carbocycles. The van der Waals surface area contributed by atoms with Gasteiger partial charge in [-0.15, -0.1) is 0 Å². The topological polar surface area (TPSA) is 161 Å². The summed E-state index contributed by atoms with van der Waals surface area (Å²) in [6.45, 7) is 1.76. The Bertz CT molecular complexity index is 898. The van der Waals surface area contributed by atoms with Crippen LogP contribution in [0.5, 0.6) is 0 Å². The summed E-state index contributed by atoms with van der Waals surface area (Å²) >= 11 is 0. The molecule has 10 nitrogen and oxygen atoms in total. The van der Waals surface area contributed by atoms with Crippen LogP contribution in [0, 0.1) is 17.2 Å². The van der Waals surface area contributed by atoms with Crippen molar-refractivity contribution in [1.29, 1.82) is 5.26 Å². The number of pyridine rings is 1. The molecule has 3 rings (SSSR count). The Morgan fingerprint density at radius 1 is 1.31 bits per heavy atom. The summed E-state index contributed by atoms with van der Waals surface area (Å²) in [5, 5.41) is 36.9. The van der Waals surface area contributed by atoms with Crippen molar-refractivity contribution in [1.82, 2.24) is 14.5 Å². The Morgan fingerprint density at radius 2 is 1.93 bits per heavy atom. The van der Waals surface area contributed by atoms with Crippen molar-refractivity contribution in [2.45, 2.75) is 51.2 Å². The first-order valence-corrected chi connectivity index (χ1v) is 9.35. The normalized spacial score (nSPS) is 19.5. The van der Waals surface area contributed by atoms with E-state index in [1.807, 2.05) is 13.1 Å². The van der Waals surface area contributed by atoms with Gasteiger partial charge < -0.3 is 25.2 Å². The Hall–Kier alpha value is -3.19. The van der Waals surface area contributed by atoms with Gasteiger partial charge in [0.15, 0.2) is 0 Å². The molecule has 0 bridgehead atoms. The molecule has 0 aliphatic heterocycles. The molecule has 0 spiro atoms. The molecule has 0 aromatic carbocycles. The number of aliphatic hydroxyl groups is 1. The van der Waals surface area contributed by atoms with Crippen LogP contribution in [0.1, 0.15) is 57.0 Å². The number of aliphatic hydroxyl groups excluding tert-OH is 1. The van der Waals surface area contributed by atoms with E-state index in [1.54, 1.807) is 13.1 Å². The maximum atomic E-state index is 10.1. The van der Waals surface area contributed by atoms with E-state index in [9.17, 15) is 5.11 Å². The zero-order chi connectivity index (χ0) is 21.6. The van der Waals surface area contributed by atoms with Crippen molar-refractivity contribution in [3.8, 4) is 6.07 Å². The number of nitrogens with zero attached hydrogens (tertiary/aromatic N) is 4. The monoisotopic (exact) mass is 403 g/mol. The average molecular weight is 403 g/mol. The third-order valence-corrected chi connectivity index (χ3v) is 4.98. The van der Waals surface area contributed by atoms with E-state index in [-0.39, 0.29) is 0 Å². The molecule has 0 amide bonds. The number of aromatic nitrogens is 3. The van der Waals surface area contributed by atoms with Gasteiger partial charge in [0, 0.05) is 25.6 Å². The molecule has 2 heterocycles. The fourth-order valence-corrected chi connectivity index (χ4v) is 3.57. The summed E-state index contributed by atoms with van der Waals surface area (Å²) in [5.74, 6) is -1.63. The highest BCUT2D eigenvalue weighted by atomic mass is 16.4. The maximum absolute atomic E-state index is 10.1. The molecular formula is C19H25N5O5. The van der Waals surface area contributed by atoms with Crippen molar-refractivity contribution >= 4 is 28.8 Å². The van der Waals surface area contributed by atoms with Gasteiger partial charge >= 0.3 is 11.9 Å². The molecule has 2 aromatic heterocycles. The number of nitrogens with one attached hydrogen (secondary N) is 1. The number of hydrogen-bond donors (Lipinski definition) is 4. The maximum Gasteiger partial charge on any atom is 0.414 e. The molecule has 4 N–H and O–H groups in total. The number of anilines is 1. The van der Waals surface area contributed by atoms with Gasteiger partial charge in [-0.2, -0.15) is 5.26 Å². The molecule has 0 radical (unpaired) electrons. The van der Waals surface area contributed by atoms with Crippen LogP contribution in [0.4, 0.5) is 5.82 Å². The molecule has 29 heavy (non-hydrogen) atoms. The fourth-order valence-electron chi connectivity index (χ4n) is 3.57. The zero-order valence-corrected chi connectivity index (χ0v) is 16.4. The average Bonchev–Trinajstić information content (AvgIpc) is 3.08. The number of carboxylic acid groups (broad SMARTS) is 2. The summed E-state index contributed by atoms with van der Waals surface area (Å²) in [6, 6.07) is 4.61. The number of carboxylic acids is 2. The second kappa shape index (κ2) is 9.84. The lowest BCUT2D eigenvalue weighted by molar-refractivity contribution is -0.159. The standard InChI is InChI=1S/C17H23N5O.C2H2O4/c1-11(23)17-21-14-10-20-16(19-2)9-15(14)22(17)13-5-3-12(4-6-13)7-8-18;3-1(4)2(5)6/h9-13,23H,3-7H2,1-2H3,(H,19,20);(H,3,4)(H,5,6)/t11-,12?,13?;/m1./s1. The fraction of sp³-hybridized carbons (Fsp3) is 0.526. The quantitative estimate of drug-likeness (QED) is 0.561. The zero-order valence-electron chi connectivity index (χ0n) is 16.4. The molecular weight excluding hydrogens is 378 g/mol. The van der Waals surface area contributed by atoms with E-state index < -0.39 is 18.0 Å². The molecule has 1 fully saturated rings. The highest BCUT2D eigenvalue weighted by molar-refractivity contribution is 6.27. The molecule has 1 saturated carbocycles. The lowest BCUT2D eigenvalue weighted by Gasteiger charge is -2.30. The number of hydrogen-bond acceptors (Lipinski definition) is 7. The highest BCUT2D eigenvalue weighted by Gasteiger charge is 2.27. The first kappa shape index (κ1) is 22.1. The largest absolute Gasteiger partial charge is 0.473 e.